The van der Waals surface area contributed by atoms with Gasteiger partial charge in [0.2, 0.25) is 10.0 Å². The second-order valence-electron chi connectivity index (χ2n) is 10.7. The molecule has 0 radical (unpaired) electrons. The average Bonchev–Trinajstić information content (AvgIpc) is 2.96. The van der Waals surface area contributed by atoms with Crippen LogP contribution in [0, 0.1) is 5.82 Å². The summed E-state index contributed by atoms with van der Waals surface area (Å²) in [7, 11) is -3.34. The number of halogens is 2. The number of rotatable bonds is 12. The summed E-state index contributed by atoms with van der Waals surface area (Å²) in [5.74, 6) is -0.341. The number of primary amides is 1. The number of likely N-dealkylation sites (tertiary alicyclic amines) is 1. The molecule has 0 unspecified atom stereocenters. The summed E-state index contributed by atoms with van der Waals surface area (Å²) in [5.41, 5.74) is 6.93. The second kappa shape index (κ2) is 15.7. The average molecular weight is 648 g/mol. The molecule has 3 aromatic rings. The van der Waals surface area contributed by atoms with E-state index in [2.05, 4.69) is 21.9 Å². The Balaban J connectivity index is 0.00000529. The van der Waals surface area contributed by atoms with Gasteiger partial charge in [-0.2, -0.15) is 0 Å². The first kappa shape index (κ1) is 34.6. The molecule has 1 heterocycles. The first-order chi connectivity index (χ1) is 20.5. The van der Waals surface area contributed by atoms with Gasteiger partial charge in [0.25, 0.3) is 5.91 Å². The number of nitrogens with one attached hydrogen (secondary N) is 2. The Bertz CT molecular complexity index is 1520. The molecule has 4 N–H and O–H groups in total. The lowest BCUT2D eigenvalue weighted by Crippen LogP contribution is -2.49. The number of carbonyl (C=O) groups excluding carboxylic acids is 2. The van der Waals surface area contributed by atoms with Gasteiger partial charge in [0.05, 0.1) is 11.8 Å². The minimum Gasteiger partial charge on any atom is -0.457 e. The zero-order chi connectivity index (χ0) is 31.0. The third-order valence-electron chi connectivity index (χ3n) is 7.22. The summed E-state index contributed by atoms with van der Waals surface area (Å²) in [6, 6.07) is 18.1. The molecule has 0 spiro atoms. The number of hydrogen-bond donors (Lipinski definition) is 3. The number of piperidine rings is 1. The number of nitrogens with two attached hydrogens (primary N) is 1. The van der Waals surface area contributed by atoms with Crippen molar-refractivity contribution in [3.63, 3.8) is 0 Å². The van der Waals surface area contributed by atoms with E-state index in [1.165, 1.54) is 12.1 Å². The molecule has 1 saturated heterocycles. The van der Waals surface area contributed by atoms with Crippen molar-refractivity contribution in [2.24, 2.45) is 5.73 Å². The number of ether oxygens (including phenoxy) is 1. The third kappa shape index (κ3) is 10.1. The predicted octanol–water partition coefficient (Wildman–Crippen LogP) is 5.81. The fourth-order valence-corrected chi connectivity index (χ4v) is 5.58. The molecule has 0 bridgehead atoms. The molecule has 0 saturated carbocycles. The maximum atomic E-state index is 13.9. The van der Waals surface area contributed by atoms with Crippen molar-refractivity contribution < 1.29 is 27.1 Å². The van der Waals surface area contributed by atoms with Crippen LogP contribution in [0.2, 0.25) is 0 Å². The van der Waals surface area contributed by atoms with Crippen LogP contribution in [0.3, 0.4) is 0 Å². The third-order valence-corrected chi connectivity index (χ3v) is 7.82. The maximum absolute atomic E-state index is 13.9. The number of urea groups is 1. The largest absolute Gasteiger partial charge is 0.457 e. The van der Waals surface area contributed by atoms with Crippen molar-refractivity contribution in [1.29, 1.82) is 0 Å². The van der Waals surface area contributed by atoms with Crippen LogP contribution in [0.1, 0.15) is 48.5 Å². The predicted molar refractivity (Wildman–Crippen MR) is 173 cm³/mol. The van der Waals surface area contributed by atoms with Gasteiger partial charge in [-0.1, -0.05) is 25.5 Å². The van der Waals surface area contributed by atoms with Crippen molar-refractivity contribution in [3.05, 3.63) is 83.7 Å². The Morgan fingerprint density at radius 1 is 1.00 bits per heavy atom. The molecule has 10 nitrogen and oxygen atoms in total. The van der Waals surface area contributed by atoms with Gasteiger partial charge in [-0.3, -0.25) is 14.4 Å². The van der Waals surface area contributed by atoms with Crippen molar-refractivity contribution >= 4 is 45.7 Å². The topological polar surface area (TPSA) is 134 Å². The van der Waals surface area contributed by atoms with Crippen molar-refractivity contribution in [3.8, 4) is 11.5 Å². The minimum absolute atomic E-state index is 0. The van der Waals surface area contributed by atoms with Gasteiger partial charge < -0.3 is 20.7 Å². The van der Waals surface area contributed by atoms with Crippen molar-refractivity contribution in [2.75, 3.05) is 35.9 Å². The molecule has 0 atom stereocenters. The number of benzene rings is 3. The van der Waals surface area contributed by atoms with E-state index in [-0.39, 0.29) is 30.0 Å². The smallest absolute Gasteiger partial charge is 0.322 e. The fourth-order valence-electron chi connectivity index (χ4n) is 5.02. The molecule has 13 heteroatoms. The molecular formula is C31H39ClFN5O5S. The highest BCUT2D eigenvalue weighted by Crippen LogP contribution is 2.25. The Morgan fingerprint density at radius 2 is 1.59 bits per heavy atom. The molecule has 1 fully saturated rings. The van der Waals surface area contributed by atoms with Crippen molar-refractivity contribution in [2.45, 2.75) is 45.2 Å². The Morgan fingerprint density at radius 3 is 2.16 bits per heavy atom. The Hall–Kier alpha value is -3.87. The van der Waals surface area contributed by atoms with E-state index >= 15 is 0 Å². The fraction of sp³-hybridized carbons (Fsp3) is 0.355. The summed E-state index contributed by atoms with van der Waals surface area (Å²) in [6.45, 7) is 5.11. The number of unbranched alkanes of at least 4 members (excludes halogenated alkanes) is 1. The number of nitrogens with zero attached hydrogens (tertiary/aromatic N) is 2. The second-order valence-corrected chi connectivity index (χ2v) is 12.4. The lowest BCUT2D eigenvalue weighted by atomic mass is 10.0. The van der Waals surface area contributed by atoms with E-state index in [0.29, 0.717) is 29.4 Å². The van der Waals surface area contributed by atoms with E-state index in [1.807, 2.05) is 29.2 Å². The summed E-state index contributed by atoms with van der Waals surface area (Å²) >= 11 is 0. The first-order valence-corrected chi connectivity index (χ1v) is 16.1. The van der Waals surface area contributed by atoms with E-state index in [4.69, 9.17) is 10.5 Å². The quantitative estimate of drug-likeness (QED) is 0.227. The number of hydrogen-bond acceptors (Lipinski definition) is 6. The van der Waals surface area contributed by atoms with Gasteiger partial charge in [0, 0.05) is 43.6 Å². The van der Waals surface area contributed by atoms with Gasteiger partial charge >= 0.3 is 6.03 Å². The molecule has 3 amide bonds. The number of sulfonamides is 1. The maximum Gasteiger partial charge on any atom is 0.322 e. The molecule has 0 aliphatic carbocycles. The van der Waals surface area contributed by atoms with Gasteiger partial charge in [0.15, 0.2) is 0 Å². The van der Waals surface area contributed by atoms with Gasteiger partial charge in [0.1, 0.15) is 17.3 Å². The standard InChI is InChI=1S/C31H38FN5O5S.ClH/c1-3-4-17-37(31(39)34-24-9-14-29(32)28(20-24)30(33)38)25-15-18-36(19-16-25)21-22-5-10-26(11-6-22)42-27-12-7-23(8-13-27)35-43(2,40)41;/h5-14,20,25,35H,3-4,15-19,21H2,1-2H3,(H2,33,38)(H,34,39);1H. The lowest BCUT2D eigenvalue weighted by molar-refractivity contribution is 0.0996. The lowest BCUT2D eigenvalue weighted by Gasteiger charge is -2.38. The highest BCUT2D eigenvalue weighted by molar-refractivity contribution is 7.92. The van der Waals surface area contributed by atoms with Crippen LogP contribution in [0.4, 0.5) is 20.6 Å². The van der Waals surface area contributed by atoms with E-state index in [9.17, 15) is 22.4 Å². The summed E-state index contributed by atoms with van der Waals surface area (Å²) in [4.78, 5) is 29.0. The number of amides is 3. The highest BCUT2D eigenvalue weighted by atomic mass is 35.5. The summed E-state index contributed by atoms with van der Waals surface area (Å²) in [6.07, 6.45) is 4.54. The SMILES string of the molecule is CCCCN(C(=O)Nc1ccc(F)c(C(N)=O)c1)C1CCN(Cc2ccc(Oc3ccc(NS(C)(=O)=O)cc3)cc2)CC1.Cl. The normalized spacial score (nSPS) is 13.9. The zero-order valence-corrected chi connectivity index (χ0v) is 26.4. The summed E-state index contributed by atoms with van der Waals surface area (Å²) < 4.78 is 44.9. The zero-order valence-electron chi connectivity index (χ0n) is 24.8. The van der Waals surface area contributed by atoms with E-state index in [0.717, 1.165) is 63.2 Å². The minimum atomic E-state index is -3.34. The molecular weight excluding hydrogens is 609 g/mol. The van der Waals surface area contributed by atoms with E-state index in [1.54, 1.807) is 24.3 Å². The molecule has 1 aliphatic heterocycles. The van der Waals surface area contributed by atoms with Crippen LogP contribution >= 0.6 is 12.4 Å². The Labute approximate surface area is 264 Å². The number of carbonyl (C=O) groups is 2. The van der Waals surface area contributed by atoms with E-state index < -0.39 is 21.7 Å². The van der Waals surface area contributed by atoms with Gasteiger partial charge in [-0.05, 0) is 79.4 Å². The molecule has 44 heavy (non-hydrogen) atoms. The molecule has 3 aromatic carbocycles. The van der Waals surface area contributed by atoms with Crippen LogP contribution in [0.5, 0.6) is 11.5 Å². The highest BCUT2D eigenvalue weighted by Gasteiger charge is 2.28. The first-order valence-electron chi connectivity index (χ1n) is 14.2. The van der Waals surface area contributed by atoms with Crippen LogP contribution in [-0.4, -0.2) is 62.1 Å². The van der Waals surface area contributed by atoms with Crippen molar-refractivity contribution in [1.82, 2.24) is 9.80 Å². The van der Waals surface area contributed by atoms with Crippen LogP contribution in [-0.2, 0) is 16.6 Å². The van der Waals surface area contributed by atoms with Crippen LogP contribution < -0.4 is 20.5 Å². The van der Waals surface area contributed by atoms with Gasteiger partial charge in [-0.25, -0.2) is 17.6 Å². The monoisotopic (exact) mass is 647 g/mol. The summed E-state index contributed by atoms with van der Waals surface area (Å²) in [5, 5.41) is 2.82. The molecule has 0 aromatic heterocycles. The number of anilines is 2. The molecule has 4 rings (SSSR count). The van der Waals surface area contributed by atoms with Crippen LogP contribution in [0.15, 0.2) is 66.7 Å². The molecule has 1 aliphatic rings. The van der Waals surface area contributed by atoms with Gasteiger partial charge in [-0.15, -0.1) is 12.4 Å². The van der Waals surface area contributed by atoms with Crippen LogP contribution in [0.25, 0.3) is 0 Å². The molecule has 238 valence electrons. The Kier molecular flexibility index (Phi) is 12.4.